The molecule has 102 valence electrons. The lowest BCUT2D eigenvalue weighted by atomic mass is 10.1. The Bertz CT molecular complexity index is 553. The molecule has 2 aromatic carbocycles. The summed E-state index contributed by atoms with van der Waals surface area (Å²) in [6, 6.07) is 13.0. The van der Waals surface area contributed by atoms with Crippen molar-refractivity contribution >= 4 is 26.7 Å². The molecule has 0 aromatic heterocycles. The van der Waals surface area contributed by atoms with Crippen molar-refractivity contribution in [3.63, 3.8) is 0 Å². The Balaban J connectivity index is 2.07. The average molecular weight is 322 g/mol. The number of halogens is 1. The van der Waals surface area contributed by atoms with Gasteiger partial charge in [-0.05, 0) is 42.0 Å². The van der Waals surface area contributed by atoms with Crippen molar-refractivity contribution in [3.05, 3.63) is 40.9 Å². The highest BCUT2D eigenvalue weighted by Gasteiger charge is 2.05. The molecule has 0 fully saturated rings. The van der Waals surface area contributed by atoms with Gasteiger partial charge in [0.25, 0.3) is 0 Å². The van der Waals surface area contributed by atoms with Crippen LogP contribution in [0.15, 0.2) is 40.9 Å². The molecular weight excluding hydrogens is 302 g/mol. The van der Waals surface area contributed by atoms with Gasteiger partial charge in [0.05, 0.1) is 0 Å². The van der Waals surface area contributed by atoms with Crippen molar-refractivity contribution in [1.29, 1.82) is 0 Å². The van der Waals surface area contributed by atoms with E-state index in [4.69, 9.17) is 4.74 Å². The van der Waals surface area contributed by atoms with Gasteiger partial charge in [-0.3, -0.25) is 0 Å². The number of fused-ring (bicyclic) bond motifs is 1. The molecule has 0 bridgehead atoms. The number of hydrogen-bond acceptors (Lipinski definition) is 2. The predicted octanol–water partition coefficient (Wildman–Crippen LogP) is 4.37. The van der Waals surface area contributed by atoms with Crippen molar-refractivity contribution in [2.24, 2.45) is 0 Å². The number of benzene rings is 2. The molecule has 0 heterocycles. The minimum Gasteiger partial charge on any atom is -0.489 e. The minimum atomic E-state index is 0.162. The largest absolute Gasteiger partial charge is 0.489 e. The van der Waals surface area contributed by atoms with Gasteiger partial charge in [0.2, 0.25) is 0 Å². The van der Waals surface area contributed by atoms with E-state index in [1.165, 1.54) is 10.8 Å². The molecule has 2 aromatic rings. The molecule has 1 atom stereocenters. The molecule has 2 nitrogen and oxygen atoms in total. The van der Waals surface area contributed by atoms with E-state index in [1.807, 2.05) is 6.07 Å². The maximum Gasteiger partial charge on any atom is 0.120 e. The molecular formula is C16H20BrNO. The van der Waals surface area contributed by atoms with E-state index >= 15 is 0 Å². The number of hydrogen-bond donors (Lipinski definition) is 1. The van der Waals surface area contributed by atoms with E-state index in [-0.39, 0.29) is 6.10 Å². The molecule has 0 aliphatic rings. The lowest BCUT2D eigenvalue weighted by Crippen LogP contribution is -2.33. The molecule has 0 aliphatic heterocycles. The third kappa shape index (κ3) is 4.22. The summed E-state index contributed by atoms with van der Waals surface area (Å²) in [6.45, 7) is 7.22. The lowest BCUT2D eigenvalue weighted by Gasteiger charge is -2.17. The zero-order chi connectivity index (χ0) is 13.8. The molecule has 0 saturated heterocycles. The highest BCUT2D eigenvalue weighted by molar-refractivity contribution is 9.10. The van der Waals surface area contributed by atoms with E-state index < -0.39 is 0 Å². The normalized spacial score (nSPS) is 12.9. The fraction of sp³-hybridized carbons (Fsp3) is 0.375. The Labute approximate surface area is 123 Å². The summed E-state index contributed by atoms with van der Waals surface area (Å²) in [5.74, 6) is 0.924. The molecule has 3 heteroatoms. The summed E-state index contributed by atoms with van der Waals surface area (Å²) in [7, 11) is 0. The summed E-state index contributed by atoms with van der Waals surface area (Å²) in [5.41, 5.74) is 0. The van der Waals surface area contributed by atoms with Gasteiger partial charge in [-0.1, -0.05) is 41.9 Å². The van der Waals surface area contributed by atoms with Crippen LogP contribution in [0.4, 0.5) is 0 Å². The second-order valence-corrected chi connectivity index (χ2v) is 6.06. The zero-order valence-corrected chi connectivity index (χ0v) is 13.2. The first-order valence-corrected chi connectivity index (χ1v) is 7.43. The van der Waals surface area contributed by atoms with Gasteiger partial charge in [0, 0.05) is 17.1 Å². The van der Waals surface area contributed by atoms with Crippen LogP contribution in [0.2, 0.25) is 0 Å². The summed E-state index contributed by atoms with van der Waals surface area (Å²) >= 11 is 3.49. The van der Waals surface area contributed by atoms with Gasteiger partial charge in [0.15, 0.2) is 0 Å². The van der Waals surface area contributed by atoms with Crippen LogP contribution in [0, 0.1) is 0 Å². The van der Waals surface area contributed by atoms with Gasteiger partial charge in [-0.2, -0.15) is 0 Å². The van der Waals surface area contributed by atoms with Crippen LogP contribution in [0.1, 0.15) is 20.8 Å². The second-order valence-electron chi connectivity index (χ2n) is 5.14. The van der Waals surface area contributed by atoms with Gasteiger partial charge in [-0.15, -0.1) is 0 Å². The van der Waals surface area contributed by atoms with Crippen molar-refractivity contribution < 1.29 is 4.74 Å². The summed E-state index contributed by atoms with van der Waals surface area (Å²) in [4.78, 5) is 0. The Hall–Kier alpha value is -1.06. The van der Waals surface area contributed by atoms with Gasteiger partial charge in [0.1, 0.15) is 11.9 Å². The quantitative estimate of drug-likeness (QED) is 0.883. The summed E-state index contributed by atoms with van der Waals surface area (Å²) in [5, 5.41) is 5.80. The minimum absolute atomic E-state index is 0.162. The smallest absolute Gasteiger partial charge is 0.120 e. The van der Waals surface area contributed by atoms with E-state index in [1.54, 1.807) is 0 Å². The molecule has 0 radical (unpaired) electrons. The van der Waals surface area contributed by atoms with Crippen LogP contribution in [0.25, 0.3) is 10.8 Å². The van der Waals surface area contributed by atoms with Crippen LogP contribution in [-0.2, 0) is 0 Å². The molecule has 0 spiro atoms. The number of ether oxygens (including phenoxy) is 1. The standard InChI is InChI=1S/C16H20BrNO/c1-11(2)18-10-12(3)19-16-7-5-13-8-15(17)6-4-14(13)9-16/h4-9,11-12,18H,10H2,1-3H3. The van der Waals surface area contributed by atoms with E-state index in [9.17, 15) is 0 Å². The molecule has 1 unspecified atom stereocenters. The third-order valence-corrected chi connectivity index (χ3v) is 3.42. The Morgan fingerprint density at radius 1 is 1.05 bits per heavy atom. The fourth-order valence-corrected chi connectivity index (χ4v) is 2.32. The molecule has 0 saturated carbocycles. The van der Waals surface area contributed by atoms with E-state index in [2.05, 4.69) is 72.3 Å². The maximum absolute atomic E-state index is 5.93. The lowest BCUT2D eigenvalue weighted by molar-refractivity contribution is 0.214. The van der Waals surface area contributed by atoms with Crippen molar-refractivity contribution in [2.75, 3.05) is 6.54 Å². The zero-order valence-electron chi connectivity index (χ0n) is 11.6. The number of nitrogens with one attached hydrogen (secondary N) is 1. The highest BCUT2D eigenvalue weighted by Crippen LogP contribution is 2.24. The predicted molar refractivity (Wildman–Crippen MR) is 84.9 cm³/mol. The summed E-state index contributed by atoms with van der Waals surface area (Å²) < 4.78 is 7.03. The molecule has 0 aliphatic carbocycles. The van der Waals surface area contributed by atoms with Gasteiger partial charge >= 0.3 is 0 Å². The van der Waals surface area contributed by atoms with Crippen LogP contribution >= 0.6 is 15.9 Å². The second kappa shape index (κ2) is 6.40. The molecule has 19 heavy (non-hydrogen) atoms. The van der Waals surface area contributed by atoms with Crippen molar-refractivity contribution in [1.82, 2.24) is 5.32 Å². The first-order valence-electron chi connectivity index (χ1n) is 6.64. The third-order valence-electron chi connectivity index (χ3n) is 2.92. The Morgan fingerprint density at radius 3 is 2.47 bits per heavy atom. The molecule has 1 N–H and O–H groups in total. The van der Waals surface area contributed by atoms with Gasteiger partial charge in [-0.25, -0.2) is 0 Å². The Morgan fingerprint density at radius 2 is 1.74 bits per heavy atom. The monoisotopic (exact) mass is 321 g/mol. The maximum atomic E-state index is 5.93. The first kappa shape index (κ1) is 14.4. The van der Waals surface area contributed by atoms with Gasteiger partial charge < -0.3 is 10.1 Å². The highest BCUT2D eigenvalue weighted by atomic mass is 79.9. The first-order chi connectivity index (χ1) is 9.04. The summed E-state index contributed by atoms with van der Waals surface area (Å²) in [6.07, 6.45) is 0.162. The molecule has 0 amide bonds. The van der Waals surface area contributed by atoms with Crippen molar-refractivity contribution in [3.8, 4) is 5.75 Å². The van der Waals surface area contributed by atoms with Crippen molar-refractivity contribution in [2.45, 2.75) is 32.9 Å². The average Bonchev–Trinajstić information content (AvgIpc) is 2.36. The Kier molecular flexibility index (Phi) is 4.83. The van der Waals surface area contributed by atoms with Crippen LogP contribution in [0.3, 0.4) is 0 Å². The van der Waals surface area contributed by atoms with E-state index in [0.717, 1.165) is 16.8 Å². The molecule has 2 rings (SSSR count). The number of rotatable bonds is 5. The topological polar surface area (TPSA) is 21.3 Å². The van der Waals surface area contributed by atoms with E-state index in [0.29, 0.717) is 6.04 Å². The fourth-order valence-electron chi connectivity index (χ4n) is 1.94. The van der Waals surface area contributed by atoms with Crippen LogP contribution < -0.4 is 10.1 Å². The van der Waals surface area contributed by atoms with Crippen LogP contribution in [-0.4, -0.2) is 18.7 Å². The van der Waals surface area contributed by atoms with Crippen LogP contribution in [0.5, 0.6) is 5.75 Å². The SMILES string of the molecule is CC(C)NCC(C)Oc1ccc2cc(Br)ccc2c1.